The molecule has 30 heavy (non-hydrogen) atoms. The number of hydrogen-bond donors (Lipinski definition) is 2. The number of unbranched alkanes of at least 4 members (excludes halogenated alkanes) is 1. The van der Waals surface area contributed by atoms with Gasteiger partial charge in [-0.2, -0.15) is 0 Å². The molecule has 1 aliphatic heterocycles. The second kappa shape index (κ2) is 11.6. The highest BCUT2D eigenvalue weighted by atomic mass is 16.1. The molecule has 2 heterocycles. The molecule has 1 aromatic heterocycles. The number of aryl methyl sites for hydroxylation is 1. The minimum atomic E-state index is 0.0758. The lowest BCUT2D eigenvalue weighted by Crippen LogP contribution is -2.37. The van der Waals surface area contributed by atoms with Crippen LogP contribution in [-0.4, -0.2) is 42.1 Å². The molecule has 6 nitrogen and oxygen atoms in total. The molecule has 0 amide bonds. The van der Waals surface area contributed by atoms with Crippen molar-refractivity contribution in [2.75, 3.05) is 26.7 Å². The van der Waals surface area contributed by atoms with Crippen molar-refractivity contribution < 1.29 is 0 Å². The zero-order valence-corrected chi connectivity index (χ0v) is 18.4. The maximum Gasteiger partial charge on any atom is 0.250 e. The molecule has 1 saturated heterocycles. The van der Waals surface area contributed by atoms with Crippen molar-refractivity contribution in [1.29, 1.82) is 0 Å². The number of guanidine groups is 1. The molecule has 0 saturated carbocycles. The summed E-state index contributed by atoms with van der Waals surface area (Å²) < 4.78 is 1.83. The molecule has 0 aliphatic carbocycles. The van der Waals surface area contributed by atoms with E-state index in [4.69, 9.17) is 0 Å². The van der Waals surface area contributed by atoms with E-state index in [0.717, 1.165) is 50.7 Å². The van der Waals surface area contributed by atoms with Crippen LogP contribution in [0.4, 0.5) is 0 Å². The highest BCUT2D eigenvalue weighted by Gasteiger charge is 2.11. The van der Waals surface area contributed by atoms with Gasteiger partial charge in [0.05, 0.1) is 0 Å². The molecule has 3 rings (SSSR count). The van der Waals surface area contributed by atoms with E-state index in [2.05, 4.69) is 44.8 Å². The Bertz CT molecular complexity index is 866. The molecular formula is C24H35N5O. The van der Waals surface area contributed by atoms with Crippen LogP contribution in [0, 0.1) is 6.92 Å². The number of rotatable bonds is 9. The third-order valence-corrected chi connectivity index (χ3v) is 5.68. The van der Waals surface area contributed by atoms with Gasteiger partial charge >= 0.3 is 0 Å². The Labute approximate surface area is 180 Å². The summed E-state index contributed by atoms with van der Waals surface area (Å²) in [5.41, 5.74) is 3.73. The van der Waals surface area contributed by atoms with E-state index in [1.54, 1.807) is 13.1 Å². The first-order chi connectivity index (χ1) is 14.7. The first-order valence-electron chi connectivity index (χ1n) is 11.1. The molecule has 0 spiro atoms. The molecule has 1 fully saturated rings. The zero-order chi connectivity index (χ0) is 21.2. The van der Waals surface area contributed by atoms with Gasteiger partial charge in [0.15, 0.2) is 5.96 Å². The number of aliphatic imine (C=N–C) groups is 1. The van der Waals surface area contributed by atoms with Crippen molar-refractivity contribution in [3.63, 3.8) is 0 Å². The third-order valence-electron chi connectivity index (χ3n) is 5.68. The topological polar surface area (TPSA) is 61.7 Å². The Morgan fingerprint density at radius 3 is 2.43 bits per heavy atom. The van der Waals surface area contributed by atoms with Crippen molar-refractivity contribution in [2.45, 2.75) is 52.2 Å². The van der Waals surface area contributed by atoms with Gasteiger partial charge in [-0.3, -0.25) is 14.7 Å². The largest absolute Gasteiger partial charge is 0.356 e. The van der Waals surface area contributed by atoms with E-state index in [1.165, 1.54) is 37.1 Å². The molecule has 1 aromatic carbocycles. The third kappa shape index (κ3) is 6.73. The Hall–Kier alpha value is -2.60. The molecule has 2 aromatic rings. The second-order valence-electron chi connectivity index (χ2n) is 8.02. The molecule has 0 radical (unpaired) electrons. The highest BCUT2D eigenvalue weighted by Crippen LogP contribution is 2.13. The second-order valence-corrected chi connectivity index (χ2v) is 8.02. The number of nitrogens with zero attached hydrogens (tertiary/aromatic N) is 3. The fourth-order valence-corrected chi connectivity index (χ4v) is 3.88. The Morgan fingerprint density at radius 1 is 1.00 bits per heavy atom. The Kier molecular flexibility index (Phi) is 8.51. The van der Waals surface area contributed by atoms with Crippen molar-refractivity contribution in [2.24, 2.45) is 4.99 Å². The van der Waals surface area contributed by atoms with E-state index in [-0.39, 0.29) is 5.56 Å². The van der Waals surface area contributed by atoms with Crippen molar-refractivity contribution in [3.05, 3.63) is 69.6 Å². The molecule has 0 bridgehead atoms. The summed E-state index contributed by atoms with van der Waals surface area (Å²) in [6.07, 6.45) is 4.59. The van der Waals surface area contributed by atoms with Crippen molar-refractivity contribution in [1.82, 2.24) is 20.1 Å². The lowest BCUT2D eigenvalue weighted by molar-refractivity contribution is 0.331. The van der Waals surface area contributed by atoms with Crippen LogP contribution in [0.5, 0.6) is 0 Å². The number of aromatic nitrogens is 1. The summed E-state index contributed by atoms with van der Waals surface area (Å²) >= 11 is 0. The van der Waals surface area contributed by atoms with Gasteiger partial charge in [0, 0.05) is 45.0 Å². The normalized spacial score (nSPS) is 14.8. The molecule has 6 heteroatoms. The average Bonchev–Trinajstić information content (AvgIpc) is 3.26. The Balaban J connectivity index is 1.35. The minimum Gasteiger partial charge on any atom is -0.356 e. The van der Waals surface area contributed by atoms with Crippen molar-refractivity contribution >= 4 is 5.96 Å². The summed E-state index contributed by atoms with van der Waals surface area (Å²) in [6.45, 7) is 7.83. The van der Waals surface area contributed by atoms with Gasteiger partial charge in [-0.25, -0.2) is 0 Å². The molecule has 1 aliphatic rings. The number of likely N-dealkylation sites (tertiary alicyclic amines) is 1. The first-order valence-corrected chi connectivity index (χ1v) is 11.1. The van der Waals surface area contributed by atoms with Gasteiger partial charge < -0.3 is 15.2 Å². The van der Waals surface area contributed by atoms with Gasteiger partial charge in [-0.1, -0.05) is 30.3 Å². The SMILES string of the molecule is CN=C(NCCCCn1c(C)cccc1=O)NCc1ccc(CN2CCCC2)cc1. The summed E-state index contributed by atoms with van der Waals surface area (Å²) in [7, 11) is 1.79. The van der Waals surface area contributed by atoms with Gasteiger partial charge in [0.1, 0.15) is 0 Å². The van der Waals surface area contributed by atoms with Gasteiger partial charge in [0.25, 0.3) is 5.56 Å². The number of benzene rings is 1. The molecular weight excluding hydrogens is 374 g/mol. The predicted octanol–water partition coefficient (Wildman–Crippen LogP) is 2.90. The monoisotopic (exact) mass is 409 g/mol. The van der Waals surface area contributed by atoms with E-state index in [0.29, 0.717) is 0 Å². The summed E-state index contributed by atoms with van der Waals surface area (Å²) in [6, 6.07) is 14.3. The lowest BCUT2D eigenvalue weighted by Gasteiger charge is -2.15. The lowest BCUT2D eigenvalue weighted by atomic mass is 10.1. The van der Waals surface area contributed by atoms with Crippen LogP contribution in [0.15, 0.2) is 52.3 Å². The molecule has 162 valence electrons. The summed E-state index contributed by atoms with van der Waals surface area (Å²) in [4.78, 5) is 18.7. The van der Waals surface area contributed by atoms with Gasteiger partial charge in [-0.05, 0) is 62.9 Å². The number of nitrogens with one attached hydrogen (secondary N) is 2. The maximum atomic E-state index is 11.9. The van der Waals surface area contributed by atoms with Crippen LogP contribution in [0.2, 0.25) is 0 Å². The fourth-order valence-electron chi connectivity index (χ4n) is 3.88. The number of hydrogen-bond acceptors (Lipinski definition) is 3. The van der Waals surface area contributed by atoms with E-state index in [9.17, 15) is 4.79 Å². The fraction of sp³-hybridized carbons (Fsp3) is 0.500. The average molecular weight is 410 g/mol. The molecule has 0 atom stereocenters. The van der Waals surface area contributed by atoms with Crippen LogP contribution < -0.4 is 16.2 Å². The zero-order valence-electron chi connectivity index (χ0n) is 18.4. The van der Waals surface area contributed by atoms with Gasteiger partial charge in [0.2, 0.25) is 0 Å². The predicted molar refractivity (Wildman–Crippen MR) is 124 cm³/mol. The van der Waals surface area contributed by atoms with Crippen LogP contribution in [-0.2, 0) is 19.6 Å². The number of pyridine rings is 1. The van der Waals surface area contributed by atoms with E-state index in [1.807, 2.05) is 23.6 Å². The minimum absolute atomic E-state index is 0.0758. The van der Waals surface area contributed by atoms with Crippen LogP contribution in [0.25, 0.3) is 0 Å². The van der Waals surface area contributed by atoms with Crippen molar-refractivity contribution in [3.8, 4) is 0 Å². The van der Waals surface area contributed by atoms with E-state index < -0.39 is 0 Å². The quantitative estimate of drug-likeness (QED) is 0.380. The highest BCUT2D eigenvalue weighted by molar-refractivity contribution is 5.79. The van der Waals surface area contributed by atoms with Crippen LogP contribution >= 0.6 is 0 Å². The molecule has 2 N–H and O–H groups in total. The summed E-state index contributed by atoms with van der Waals surface area (Å²) in [5, 5.41) is 6.74. The maximum absolute atomic E-state index is 11.9. The van der Waals surface area contributed by atoms with Crippen LogP contribution in [0.1, 0.15) is 42.5 Å². The Morgan fingerprint density at radius 2 is 1.73 bits per heavy atom. The smallest absolute Gasteiger partial charge is 0.250 e. The van der Waals surface area contributed by atoms with E-state index >= 15 is 0 Å². The molecule has 0 unspecified atom stereocenters. The van der Waals surface area contributed by atoms with Gasteiger partial charge in [-0.15, -0.1) is 0 Å². The first kappa shape index (κ1) is 22.1. The standard InChI is InChI=1S/C24H35N5O/c1-20-8-7-9-23(30)29(20)17-4-3-14-26-24(25-2)27-18-21-10-12-22(13-11-21)19-28-15-5-6-16-28/h7-13H,3-6,14-19H2,1-2H3,(H2,25,26,27). The van der Waals surface area contributed by atoms with Crippen LogP contribution in [0.3, 0.4) is 0 Å². The summed E-state index contributed by atoms with van der Waals surface area (Å²) in [5.74, 6) is 0.809.